The summed E-state index contributed by atoms with van der Waals surface area (Å²) in [5.74, 6) is 2.07. The van der Waals surface area contributed by atoms with Crippen LogP contribution in [0, 0.1) is 5.92 Å². The van der Waals surface area contributed by atoms with Gasteiger partial charge in [-0.15, -0.1) is 0 Å². The first-order chi connectivity index (χ1) is 12.2. The fourth-order valence-corrected chi connectivity index (χ4v) is 3.45. The fourth-order valence-electron chi connectivity index (χ4n) is 3.45. The van der Waals surface area contributed by atoms with E-state index in [1.54, 1.807) is 24.4 Å². The van der Waals surface area contributed by atoms with Gasteiger partial charge in [-0.3, -0.25) is 4.79 Å². The molecular weight excluding hydrogens is 322 g/mol. The lowest BCUT2D eigenvalue weighted by Gasteiger charge is -2.30. The molecule has 1 N–H and O–H groups in total. The topological polar surface area (TPSA) is 74.6 Å². The minimum atomic E-state index is -0.179. The maximum Gasteiger partial charge on any atom is 0.255 e. The summed E-state index contributed by atoms with van der Waals surface area (Å²) in [6.07, 6.45) is 5.44. The molecule has 4 rings (SSSR count). The number of carbonyl (C=O) groups excluding carboxylic acids is 1. The van der Waals surface area contributed by atoms with E-state index >= 15 is 0 Å². The highest BCUT2D eigenvalue weighted by Gasteiger charge is 2.31. The van der Waals surface area contributed by atoms with Crippen molar-refractivity contribution in [2.75, 3.05) is 20.0 Å². The van der Waals surface area contributed by atoms with Crippen LogP contribution in [0.2, 0.25) is 0 Å². The van der Waals surface area contributed by atoms with Gasteiger partial charge in [-0.05, 0) is 30.9 Å². The zero-order chi connectivity index (χ0) is 17.2. The Morgan fingerprint density at radius 2 is 2.16 bits per heavy atom. The van der Waals surface area contributed by atoms with E-state index in [2.05, 4.69) is 10.3 Å². The summed E-state index contributed by atoms with van der Waals surface area (Å²) < 4.78 is 18.3. The average molecular weight is 343 g/mol. The van der Waals surface area contributed by atoms with Crippen molar-refractivity contribution < 1.29 is 19.0 Å². The van der Waals surface area contributed by atoms with Crippen molar-refractivity contribution in [2.45, 2.75) is 18.9 Å². The Kier molecular flexibility index (Phi) is 4.31. The number of hydrogen-bond acceptors (Lipinski definition) is 5. The molecule has 1 amide bonds. The lowest BCUT2D eigenvalue weighted by molar-refractivity contribution is 0.0498. The molecule has 7 heteroatoms. The number of nitrogens with one attached hydrogen (secondary N) is 1. The summed E-state index contributed by atoms with van der Waals surface area (Å²) in [7, 11) is 1.94. The first-order valence-corrected chi connectivity index (χ1v) is 8.48. The number of amides is 1. The number of para-hydroxylation sites is 1. The molecule has 0 spiro atoms. The molecule has 0 radical (unpaired) electrons. The molecule has 1 saturated heterocycles. The van der Waals surface area contributed by atoms with Crippen LogP contribution in [-0.2, 0) is 11.8 Å². The number of aryl methyl sites for hydroxylation is 1. The van der Waals surface area contributed by atoms with Crippen molar-refractivity contribution in [3.05, 3.63) is 42.0 Å². The van der Waals surface area contributed by atoms with Crippen LogP contribution in [0.5, 0.6) is 11.5 Å². The number of imidazole rings is 1. The first-order valence-electron chi connectivity index (χ1n) is 8.48. The monoisotopic (exact) mass is 343 g/mol. The molecule has 0 bridgehead atoms. The van der Waals surface area contributed by atoms with Crippen molar-refractivity contribution in [3.63, 3.8) is 0 Å². The number of nitrogens with zero attached hydrogens (tertiary/aromatic N) is 2. The van der Waals surface area contributed by atoms with Crippen LogP contribution in [-0.4, -0.2) is 35.5 Å². The predicted molar refractivity (Wildman–Crippen MR) is 89.5 cm³/mol. The zero-order valence-electron chi connectivity index (χ0n) is 14.1. The maximum absolute atomic E-state index is 12.9. The molecule has 1 atom stereocenters. The molecule has 1 aromatic carbocycles. The van der Waals surface area contributed by atoms with Gasteiger partial charge in [0.25, 0.3) is 5.91 Å². The number of rotatable bonds is 4. The van der Waals surface area contributed by atoms with Crippen molar-refractivity contribution in [3.8, 4) is 11.5 Å². The summed E-state index contributed by atoms with van der Waals surface area (Å²) in [6, 6.07) is 5.18. The van der Waals surface area contributed by atoms with Gasteiger partial charge < -0.3 is 24.1 Å². The molecule has 0 unspecified atom stereocenters. The van der Waals surface area contributed by atoms with Gasteiger partial charge in [0.15, 0.2) is 11.5 Å². The quantitative estimate of drug-likeness (QED) is 0.920. The Labute approximate surface area is 145 Å². The summed E-state index contributed by atoms with van der Waals surface area (Å²) in [6.45, 7) is 1.56. The van der Waals surface area contributed by atoms with Crippen molar-refractivity contribution in [1.82, 2.24) is 14.9 Å². The molecule has 132 valence electrons. The van der Waals surface area contributed by atoms with Gasteiger partial charge in [0.05, 0.1) is 11.6 Å². The van der Waals surface area contributed by atoms with Crippen molar-refractivity contribution >= 4 is 5.91 Å². The Bertz CT molecular complexity index is 767. The van der Waals surface area contributed by atoms with Gasteiger partial charge >= 0.3 is 0 Å². The number of ether oxygens (including phenoxy) is 3. The summed E-state index contributed by atoms with van der Waals surface area (Å²) in [5.41, 5.74) is 0.487. The van der Waals surface area contributed by atoms with E-state index in [-0.39, 0.29) is 24.7 Å². The molecule has 0 aliphatic carbocycles. The van der Waals surface area contributed by atoms with E-state index in [4.69, 9.17) is 14.2 Å². The van der Waals surface area contributed by atoms with Crippen LogP contribution in [0.25, 0.3) is 0 Å². The molecule has 1 aromatic heterocycles. The van der Waals surface area contributed by atoms with Crippen LogP contribution in [0.1, 0.15) is 35.1 Å². The second-order valence-electron chi connectivity index (χ2n) is 6.34. The van der Waals surface area contributed by atoms with Gasteiger partial charge in [0.1, 0.15) is 5.82 Å². The number of hydrogen-bond donors (Lipinski definition) is 1. The van der Waals surface area contributed by atoms with Gasteiger partial charge in [0, 0.05) is 32.7 Å². The largest absolute Gasteiger partial charge is 0.454 e. The molecular formula is C18H21N3O4. The molecule has 2 aliphatic rings. The lowest BCUT2D eigenvalue weighted by Crippen LogP contribution is -2.37. The van der Waals surface area contributed by atoms with E-state index in [1.807, 2.05) is 17.8 Å². The highest BCUT2D eigenvalue weighted by molar-refractivity contribution is 5.98. The Morgan fingerprint density at radius 3 is 2.92 bits per heavy atom. The minimum absolute atomic E-state index is 0.141. The van der Waals surface area contributed by atoms with Gasteiger partial charge in [-0.2, -0.15) is 0 Å². The first kappa shape index (κ1) is 16.0. The maximum atomic E-state index is 12.9. The standard InChI is InChI=1S/C18H21N3O4/c1-21-8-7-19-17(21)15(12-5-9-23-10-6-12)20-18(22)13-3-2-4-14-16(13)25-11-24-14/h2-4,7-8,12,15H,5-6,9-11H2,1H3,(H,20,22)/t15-/m1/s1. The summed E-state index contributed by atoms with van der Waals surface area (Å²) >= 11 is 0. The summed E-state index contributed by atoms with van der Waals surface area (Å²) in [4.78, 5) is 17.4. The molecule has 2 aliphatic heterocycles. The molecule has 0 saturated carbocycles. The molecule has 2 aromatic rings. The molecule has 25 heavy (non-hydrogen) atoms. The number of fused-ring (bicyclic) bond motifs is 1. The predicted octanol–water partition coefficient (Wildman–Crippen LogP) is 2.05. The second-order valence-corrected chi connectivity index (χ2v) is 6.34. The SMILES string of the molecule is Cn1ccnc1[C@H](NC(=O)c1cccc2c1OCO2)C1CCOCC1. The fraction of sp³-hybridized carbons (Fsp3) is 0.444. The second kappa shape index (κ2) is 6.76. The Hall–Kier alpha value is -2.54. The van der Waals surface area contributed by atoms with Crippen molar-refractivity contribution in [2.24, 2.45) is 13.0 Å². The van der Waals surface area contributed by atoms with Crippen LogP contribution in [0.3, 0.4) is 0 Å². The minimum Gasteiger partial charge on any atom is -0.454 e. The highest BCUT2D eigenvalue weighted by atomic mass is 16.7. The van der Waals surface area contributed by atoms with Gasteiger partial charge in [-0.1, -0.05) is 6.07 Å². The Balaban J connectivity index is 1.61. The molecule has 3 heterocycles. The number of carbonyl (C=O) groups is 1. The molecule has 7 nitrogen and oxygen atoms in total. The van der Waals surface area contributed by atoms with E-state index in [0.717, 1.165) is 18.7 Å². The van der Waals surface area contributed by atoms with Gasteiger partial charge in [0.2, 0.25) is 6.79 Å². The third kappa shape index (κ3) is 3.07. The molecule has 1 fully saturated rings. The van der Waals surface area contributed by atoms with Crippen LogP contribution in [0.15, 0.2) is 30.6 Å². The van der Waals surface area contributed by atoms with Crippen LogP contribution >= 0.6 is 0 Å². The van der Waals surface area contributed by atoms with E-state index in [9.17, 15) is 4.79 Å². The third-order valence-corrected chi connectivity index (χ3v) is 4.80. The van der Waals surface area contributed by atoms with E-state index in [1.165, 1.54) is 0 Å². The average Bonchev–Trinajstić information content (AvgIpc) is 3.28. The third-order valence-electron chi connectivity index (χ3n) is 4.80. The van der Waals surface area contributed by atoms with Crippen molar-refractivity contribution in [1.29, 1.82) is 0 Å². The number of aromatic nitrogens is 2. The lowest BCUT2D eigenvalue weighted by atomic mass is 9.90. The smallest absolute Gasteiger partial charge is 0.255 e. The summed E-state index contributed by atoms with van der Waals surface area (Å²) in [5, 5.41) is 3.16. The van der Waals surface area contributed by atoms with Crippen LogP contribution < -0.4 is 14.8 Å². The van der Waals surface area contributed by atoms with Gasteiger partial charge in [-0.25, -0.2) is 4.98 Å². The normalized spacial score (nSPS) is 18.1. The van der Waals surface area contributed by atoms with Crippen LogP contribution in [0.4, 0.5) is 0 Å². The van der Waals surface area contributed by atoms with E-state index in [0.29, 0.717) is 30.3 Å². The van der Waals surface area contributed by atoms with E-state index < -0.39 is 0 Å². The highest BCUT2D eigenvalue weighted by Crippen LogP contribution is 2.36. The number of benzene rings is 1. The Morgan fingerprint density at radius 1 is 1.32 bits per heavy atom. The zero-order valence-corrected chi connectivity index (χ0v) is 14.1.